The Labute approximate surface area is 113 Å². The third kappa shape index (κ3) is 1.72. The lowest BCUT2D eigenvalue weighted by Gasteiger charge is -2.03. The van der Waals surface area contributed by atoms with E-state index in [-0.39, 0.29) is 5.43 Å². The van der Waals surface area contributed by atoms with E-state index in [1.807, 2.05) is 18.2 Å². The van der Waals surface area contributed by atoms with Gasteiger partial charge in [0.15, 0.2) is 5.58 Å². The molecule has 2 aromatic carbocycles. The molecule has 0 N–H and O–H groups in total. The van der Waals surface area contributed by atoms with Gasteiger partial charge in [0.25, 0.3) is 0 Å². The van der Waals surface area contributed by atoms with Crippen molar-refractivity contribution < 1.29 is 4.42 Å². The summed E-state index contributed by atoms with van der Waals surface area (Å²) >= 11 is 6.78. The molecule has 3 rings (SSSR count). The van der Waals surface area contributed by atoms with Crippen LogP contribution in [0.1, 0.15) is 0 Å². The third-order valence-corrected chi connectivity index (χ3v) is 3.64. The Morgan fingerprint density at radius 1 is 1.00 bits per heavy atom. The van der Waals surface area contributed by atoms with E-state index in [9.17, 15) is 4.79 Å². The second-order valence-corrected chi connectivity index (χ2v) is 5.46. The standard InChI is InChI=1S/C13H6Br2O2/c14-7-5-9-12(16)8-3-1-2-4-11(8)17-13(9)10(15)6-7/h1-6H. The fourth-order valence-corrected chi connectivity index (χ4v) is 3.14. The number of para-hydroxylation sites is 1. The van der Waals surface area contributed by atoms with Crippen LogP contribution in [0.15, 0.2) is 54.6 Å². The van der Waals surface area contributed by atoms with Crippen LogP contribution in [0.2, 0.25) is 0 Å². The van der Waals surface area contributed by atoms with Crippen LogP contribution in [0.5, 0.6) is 0 Å². The fraction of sp³-hybridized carbons (Fsp3) is 0. The summed E-state index contributed by atoms with van der Waals surface area (Å²) < 4.78 is 7.36. The maximum Gasteiger partial charge on any atom is 0.200 e. The molecule has 0 bridgehead atoms. The highest BCUT2D eigenvalue weighted by Gasteiger charge is 2.10. The van der Waals surface area contributed by atoms with E-state index >= 15 is 0 Å². The highest BCUT2D eigenvalue weighted by Crippen LogP contribution is 2.29. The van der Waals surface area contributed by atoms with Crippen molar-refractivity contribution in [1.29, 1.82) is 0 Å². The Kier molecular flexibility index (Phi) is 2.56. The lowest BCUT2D eigenvalue weighted by molar-refractivity contribution is 0.657. The Balaban J connectivity index is 2.64. The molecule has 1 aromatic heterocycles. The molecular formula is C13H6Br2O2. The monoisotopic (exact) mass is 352 g/mol. The van der Waals surface area contributed by atoms with Crippen molar-refractivity contribution in [3.05, 3.63) is 55.6 Å². The van der Waals surface area contributed by atoms with Crippen LogP contribution in [0.25, 0.3) is 21.9 Å². The summed E-state index contributed by atoms with van der Waals surface area (Å²) in [6.45, 7) is 0. The van der Waals surface area contributed by atoms with Crippen LogP contribution in [0.3, 0.4) is 0 Å². The molecular weight excluding hydrogens is 348 g/mol. The van der Waals surface area contributed by atoms with Gasteiger partial charge >= 0.3 is 0 Å². The molecule has 17 heavy (non-hydrogen) atoms. The molecule has 0 amide bonds. The second-order valence-electron chi connectivity index (χ2n) is 3.69. The summed E-state index contributed by atoms with van der Waals surface area (Å²) in [5.74, 6) is 0. The molecule has 0 fully saturated rings. The summed E-state index contributed by atoms with van der Waals surface area (Å²) in [5.41, 5.74) is 1.17. The average Bonchev–Trinajstić information content (AvgIpc) is 2.31. The highest BCUT2D eigenvalue weighted by molar-refractivity contribution is 9.11. The molecule has 4 heteroatoms. The number of fused-ring (bicyclic) bond motifs is 2. The summed E-state index contributed by atoms with van der Waals surface area (Å²) in [7, 11) is 0. The lowest BCUT2D eigenvalue weighted by atomic mass is 10.1. The van der Waals surface area contributed by atoms with Crippen molar-refractivity contribution in [1.82, 2.24) is 0 Å². The molecule has 0 spiro atoms. The minimum absolute atomic E-state index is 0.0103. The minimum atomic E-state index is -0.0103. The molecule has 0 aliphatic carbocycles. The van der Waals surface area contributed by atoms with Gasteiger partial charge in [-0.05, 0) is 40.2 Å². The lowest BCUT2D eigenvalue weighted by Crippen LogP contribution is -2.02. The second kappa shape index (κ2) is 3.96. The number of benzene rings is 2. The van der Waals surface area contributed by atoms with Crippen molar-refractivity contribution in [3.8, 4) is 0 Å². The van der Waals surface area contributed by atoms with Crippen LogP contribution in [0.4, 0.5) is 0 Å². The van der Waals surface area contributed by atoms with Gasteiger partial charge in [0.1, 0.15) is 5.58 Å². The van der Waals surface area contributed by atoms with Crippen molar-refractivity contribution in [2.45, 2.75) is 0 Å². The quantitative estimate of drug-likeness (QED) is 0.558. The molecule has 0 atom stereocenters. The zero-order valence-corrected chi connectivity index (χ0v) is 11.7. The van der Waals surface area contributed by atoms with Gasteiger partial charge in [0.2, 0.25) is 5.43 Å². The number of halogens is 2. The van der Waals surface area contributed by atoms with Gasteiger partial charge in [-0.3, -0.25) is 4.79 Å². The Morgan fingerprint density at radius 2 is 1.76 bits per heavy atom. The number of rotatable bonds is 0. The fourth-order valence-electron chi connectivity index (χ4n) is 1.83. The van der Waals surface area contributed by atoms with Crippen molar-refractivity contribution >= 4 is 53.8 Å². The van der Waals surface area contributed by atoms with Gasteiger partial charge in [-0.15, -0.1) is 0 Å². The molecule has 0 saturated heterocycles. The minimum Gasteiger partial charge on any atom is -0.455 e. The van der Waals surface area contributed by atoms with Crippen LogP contribution in [-0.4, -0.2) is 0 Å². The topological polar surface area (TPSA) is 30.2 Å². The van der Waals surface area contributed by atoms with Crippen molar-refractivity contribution in [2.24, 2.45) is 0 Å². The highest BCUT2D eigenvalue weighted by atomic mass is 79.9. The first-order chi connectivity index (χ1) is 8.16. The van der Waals surface area contributed by atoms with Crippen LogP contribution >= 0.6 is 31.9 Å². The first kappa shape index (κ1) is 11.0. The van der Waals surface area contributed by atoms with Crippen molar-refractivity contribution in [3.63, 3.8) is 0 Å². The smallest absolute Gasteiger partial charge is 0.200 e. The van der Waals surface area contributed by atoms with Crippen LogP contribution in [-0.2, 0) is 0 Å². The van der Waals surface area contributed by atoms with E-state index in [1.165, 1.54) is 0 Å². The predicted octanol–water partition coefficient (Wildman–Crippen LogP) is 4.47. The molecule has 0 saturated carbocycles. The first-order valence-electron chi connectivity index (χ1n) is 4.97. The van der Waals surface area contributed by atoms with E-state index in [0.717, 1.165) is 8.95 Å². The van der Waals surface area contributed by atoms with E-state index in [4.69, 9.17) is 4.42 Å². The summed E-state index contributed by atoms with van der Waals surface area (Å²) in [5, 5.41) is 1.18. The summed E-state index contributed by atoms with van der Waals surface area (Å²) in [6, 6.07) is 10.9. The third-order valence-electron chi connectivity index (χ3n) is 2.60. The average molecular weight is 354 g/mol. The largest absolute Gasteiger partial charge is 0.455 e. The molecule has 84 valence electrons. The summed E-state index contributed by atoms with van der Waals surface area (Å²) in [6.07, 6.45) is 0. The molecule has 0 aliphatic heterocycles. The summed E-state index contributed by atoms with van der Waals surface area (Å²) in [4.78, 5) is 12.3. The van der Waals surface area contributed by atoms with Crippen molar-refractivity contribution in [2.75, 3.05) is 0 Å². The molecule has 0 unspecified atom stereocenters. The zero-order valence-electron chi connectivity index (χ0n) is 8.54. The molecule has 2 nitrogen and oxygen atoms in total. The van der Waals surface area contributed by atoms with E-state index < -0.39 is 0 Å². The number of hydrogen-bond acceptors (Lipinski definition) is 2. The van der Waals surface area contributed by atoms with E-state index in [2.05, 4.69) is 31.9 Å². The van der Waals surface area contributed by atoms with Gasteiger partial charge < -0.3 is 4.42 Å². The normalized spacial score (nSPS) is 11.2. The Hall–Kier alpha value is -1.13. The first-order valence-corrected chi connectivity index (χ1v) is 6.56. The maximum atomic E-state index is 12.3. The Morgan fingerprint density at radius 3 is 2.59 bits per heavy atom. The number of hydrogen-bond donors (Lipinski definition) is 0. The van der Waals surface area contributed by atoms with Gasteiger partial charge in [0.05, 0.1) is 15.2 Å². The molecule has 3 aromatic rings. The van der Waals surface area contributed by atoms with Gasteiger partial charge in [-0.2, -0.15) is 0 Å². The maximum absolute atomic E-state index is 12.3. The van der Waals surface area contributed by atoms with Gasteiger partial charge in [-0.25, -0.2) is 0 Å². The van der Waals surface area contributed by atoms with E-state index in [0.29, 0.717) is 21.9 Å². The Bertz CT molecular complexity index is 790. The van der Waals surface area contributed by atoms with Crippen LogP contribution < -0.4 is 5.43 Å². The van der Waals surface area contributed by atoms with Gasteiger partial charge in [-0.1, -0.05) is 28.1 Å². The SMILES string of the molecule is O=c1c2ccccc2oc2c(Br)cc(Br)cc12. The molecule has 0 aliphatic rings. The molecule has 1 heterocycles. The van der Waals surface area contributed by atoms with E-state index in [1.54, 1.807) is 18.2 Å². The van der Waals surface area contributed by atoms with Gasteiger partial charge in [0, 0.05) is 4.47 Å². The van der Waals surface area contributed by atoms with Crippen LogP contribution in [0, 0.1) is 0 Å². The zero-order chi connectivity index (χ0) is 12.0. The predicted molar refractivity (Wildman–Crippen MR) is 75.4 cm³/mol. The molecule has 0 radical (unpaired) electrons.